The molecule has 126 valence electrons. The van der Waals surface area contributed by atoms with Crippen LogP contribution in [0.1, 0.15) is 19.4 Å². The molecule has 0 spiro atoms. The lowest BCUT2D eigenvalue weighted by atomic mass is 10.2. The van der Waals surface area contributed by atoms with Crippen LogP contribution in [0.15, 0.2) is 18.2 Å². The summed E-state index contributed by atoms with van der Waals surface area (Å²) in [5.41, 5.74) is 0.972. The summed E-state index contributed by atoms with van der Waals surface area (Å²) in [6, 6.07) is 6.91. The van der Waals surface area contributed by atoms with Crippen molar-refractivity contribution in [2.24, 2.45) is 0 Å². The molecule has 1 aliphatic heterocycles. The van der Waals surface area contributed by atoms with E-state index >= 15 is 0 Å². The highest BCUT2D eigenvalue weighted by Gasteiger charge is 2.30. The number of sulfonamides is 1. The molecule has 0 aromatic heterocycles. The maximum atomic E-state index is 12.4. The van der Waals surface area contributed by atoms with E-state index < -0.39 is 10.0 Å². The van der Waals surface area contributed by atoms with E-state index in [9.17, 15) is 8.42 Å². The van der Waals surface area contributed by atoms with E-state index in [0.717, 1.165) is 0 Å². The highest BCUT2D eigenvalue weighted by atomic mass is 35.5. The molecule has 23 heavy (non-hydrogen) atoms. The van der Waals surface area contributed by atoms with E-state index in [1.165, 1.54) is 4.31 Å². The Hall–Kier alpha value is -1.33. The number of hydrogen-bond acceptors (Lipinski definition) is 5. The highest BCUT2D eigenvalue weighted by Crippen LogP contribution is 2.20. The fourth-order valence-electron chi connectivity index (χ4n) is 2.56. The van der Waals surface area contributed by atoms with E-state index in [2.05, 4.69) is 5.32 Å². The van der Waals surface area contributed by atoms with Crippen molar-refractivity contribution in [1.82, 2.24) is 4.31 Å². The third-order valence-corrected chi connectivity index (χ3v) is 5.60. The molecular formula is C15H20ClN3O3S. The van der Waals surface area contributed by atoms with Crippen molar-refractivity contribution in [3.05, 3.63) is 28.8 Å². The van der Waals surface area contributed by atoms with Crippen molar-refractivity contribution in [3.8, 4) is 6.07 Å². The molecule has 1 heterocycles. The zero-order valence-electron chi connectivity index (χ0n) is 13.1. The average Bonchev–Trinajstić information content (AvgIpc) is 2.47. The van der Waals surface area contributed by atoms with Crippen LogP contribution in [0.5, 0.6) is 0 Å². The Morgan fingerprint density at radius 1 is 1.39 bits per heavy atom. The van der Waals surface area contributed by atoms with Crippen molar-refractivity contribution >= 4 is 27.3 Å². The quantitative estimate of drug-likeness (QED) is 0.872. The van der Waals surface area contributed by atoms with Crippen LogP contribution in [-0.4, -0.2) is 50.3 Å². The summed E-state index contributed by atoms with van der Waals surface area (Å²) < 4.78 is 31.9. The van der Waals surface area contributed by atoms with Crippen LogP contribution < -0.4 is 5.32 Å². The van der Waals surface area contributed by atoms with Crippen molar-refractivity contribution in [2.75, 3.05) is 30.7 Å². The molecule has 0 aliphatic carbocycles. The van der Waals surface area contributed by atoms with Crippen LogP contribution >= 0.6 is 11.6 Å². The third kappa shape index (κ3) is 4.82. The zero-order chi connectivity index (χ0) is 17.0. The topological polar surface area (TPSA) is 82.4 Å². The lowest BCUT2D eigenvalue weighted by Gasteiger charge is -2.34. The largest absolute Gasteiger partial charge is 0.383 e. The number of halogens is 1. The number of morpholine rings is 1. The van der Waals surface area contributed by atoms with Gasteiger partial charge in [-0.1, -0.05) is 11.6 Å². The van der Waals surface area contributed by atoms with E-state index in [1.807, 2.05) is 19.9 Å². The molecule has 0 bridgehead atoms. The standard InChI is InChI=1S/C15H20ClN3O3S/c1-11-9-19(10-12(2)22-11)23(20,21)6-5-18-15-4-3-14(16)7-13(15)8-17/h3-4,7,11-12,18H,5-6,9-10H2,1-2H3. The number of nitrogens with one attached hydrogen (secondary N) is 1. The van der Waals surface area contributed by atoms with Gasteiger partial charge in [-0.2, -0.15) is 9.57 Å². The van der Waals surface area contributed by atoms with Gasteiger partial charge in [-0.3, -0.25) is 0 Å². The SMILES string of the molecule is CC1CN(S(=O)(=O)CCNc2ccc(Cl)cc2C#N)CC(C)O1. The van der Waals surface area contributed by atoms with E-state index in [-0.39, 0.29) is 24.5 Å². The van der Waals surface area contributed by atoms with Gasteiger partial charge >= 0.3 is 0 Å². The smallest absolute Gasteiger partial charge is 0.216 e. The molecule has 1 N–H and O–H groups in total. The fourth-order valence-corrected chi connectivity index (χ4v) is 4.23. The van der Waals surface area contributed by atoms with E-state index in [0.29, 0.717) is 29.4 Å². The first-order valence-corrected chi connectivity index (χ1v) is 9.37. The highest BCUT2D eigenvalue weighted by molar-refractivity contribution is 7.89. The predicted molar refractivity (Wildman–Crippen MR) is 90.0 cm³/mol. The van der Waals surface area contributed by atoms with E-state index in [4.69, 9.17) is 21.6 Å². The number of hydrogen-bond donors (Lipinski definition) is 1. The molecule has 1 saturated heterocycles. The number of benzene rings is 1. The lowest BCUT2D eigenvalue weighted by Crippen LogP contribution is -2.49. The summed E-state index contributed by atoms with van der Waals surface area (Å²) in [6.07, 6.45) is -0.217. The van der Waals surface area contributed by atoms with Crippen LogP contribution in [0.3, 0.4) is 0 Å². The average molecular weight is 358 g/mol. The second kappa shape index (κ2) is 7.49. The summed E-state index contributed by atoms with van der Waals surface area (Å²) in [5.74, 6) is -0.0417. The van der Waals surface area contributed by atoms with Crippen molar-refractivity contribution < 1.29 is 13.2 Å². The first kappa shape index (κ1) is 18.0. The molecule has 8 heteroatoms. The Kier molecular flexibility index (Phi) is 5.87. The lowest BCUT2D eigenvalue weighted by molar-refractivity contribution is -0.0440. The monoisotopic (exact) mass is 357 g/mol. The third-order valence-electron chi connectivity index (χ3n) is 3.56. The molecule has 6 nitrogen and oxygen atoms in total. The number of ether oxygens (including phenoxy) is 1. The molecule has 2 unspecified atom stereocenters. The van der Waals surface area contributed by atoms with Crippen LogP contribution in [0.2, 0.25) is 5.02 Å². The fraction of sp³-hybridized carbons (Fsp3) is 0.533. The minimum Gasteiger partial charge on any atom is -0.383 e. The maximum Gasteiger partial charge on any atom is 0.216 e. The molecule has 0 saturated carbocycles. The number of nitriles is 1. The first-order valence-electron chi connectivity index (χ1n) is 7.38. The summed E-state index contributed by atoms with van der Waals surface area (Å²) in [5, 5.41) is 12.5. The minimum absolute atomic E-state index is 0.0417. The summed E-state index contributed by atoms with van der Waals surface area (Å²) in [6.45, 7) is 4.69. The van der Waals surface area contributed by atoms with Crippen molar-refractivity contribution in [2.45, 2.75) is 26.1 Å². The molecule has 0 amide bonds. The van der Waals surface area contributed by atoms with Gasteiger partial charge in [0, 0.05) is 24.7 Å². The van der Waals surface area contributed by atoms with E-state index in [1.54, 1.807) is 18.2 Å². The molecule has 1 aromatic carbocycles. The van der Waals surface area contributed by atoms with Gasteiger partial charge in [-0.25, -0.2) is 8.42 Å². The predicted octanol–water partition coefficient (Wildman–Crippen LogP) is 2.06. The first-order chi connectivity index (χ1) is 10.8. The van der Waals surface area contributed by atoms with Crippen LogP contribution in [-0.2, 0) is 14.8 Å². The van der Waals surface area contributed by atoms with Crippen LogP contribution in [0, 0.1) is 11.3 Å². The van der Waals surface area contributed by atoms with Gasteiger partial charge in [0.15, 0.2) is 0 Å². The van der Waals surface area contributed by atoms with Crippen LogP contribution in [0.4, 0.5) is 5.69 Å². The molecule has 0 radical (unpaired) electrons. The van der Waals surface area contributed by atoms with Gasteiger partial charge in [0.25, 0.3) is 0 Å². The number of rotatable bonds is 5. The second-order valence-electron chi connectivity index (χ2n) is 5.62. The minimum atomic E-state index is -3.37. The van der Waals surface area contributed by atoms with Gasteiger partial charge < -0.3 is 10.1 Å². The maximum absolute atomic E-state index is 12.4. The molecule has 2 atom stereocenters. The number of nitrogens with zero attached hydrogens (tertiary/aromatic N) is 2. The van der Waals surface area contributed by atoms with Gasteiger partial charge in [0.2, 0.25) is 10.0 Å². The number of anilines is 1. The van der Waals surface area contributed by atoms with Gasteiger partial charge in [0.1, 0.15) is 6.07 Å². The Morgan fingerprint density at radius 3 is 2.65 bits per heavy atom. The molecule has 1 fully saturated rings. The van der Waals surface area contributed by atoms with Crippen molar-refractivity contribution in [1.29, 1.82) is 5.26 Å². The van der Waals surface area contributed by atoms with Crippen LogP contribution in [0.25, 0.3) is 0 Å². The summed E-state index contributed by atoms with van der Waals surface area (Å²) >= 11 is 5.84. The molecule has 1 aliphatic rings. The normalized spacial score (nSPS) is 22.5. The van der Waals surface area contributed by atoms with Gasteiger partial charge in [0.05, 0.1) is 29.2 Å². The Balaban J connectivity index is 1.96. The summed E-state index contributed by atoms with van der Waals surface area (Å²) in [7, 11) is -3.37. The van der Waals surface area contributed by atoms with Crippen molar-refractivity contribution in [3.63, 3.8) is 0 Å². The Morgan fingerprint density at radius 2 is 2.04 bits per heavy atom. The van der Waals surface area contributed by atoms with Gasteiger partial charge in [-0.05, 0) is 32.0 Å². The molecule has 1 aromatic rings. The Bertz CT molecular complexity index is 692. The summed E-state index contributed by atoms with van der Waals surface area (Å²) in [4.78, 5) is 0. The Labute approximate surface area is 142 Å². The molecular weight excluding hydrogens is 338 g/mol. The zero-order valence-corrected chi connectivity index (χ0v) is 14.7. The second-order valence-corrected chi connectivity index (χ2v) is 8.14. The molecule has 2 rings (SSSR count). The van der Waals surface area contributed by atoms with Gasteiger partial charge in [-0.15, -0.1) is 0 Å².